The van der Waals surface area contributed by atoms with E-state index in [-0.39, 0.29) is 18.3 Å². The molecule has 2 N–H and O–H groups in total. The highest BCUT2D eigenvalue weighted by molar-refractivity contribution is 8.14. The highest BCUT2D eigenvalue weighted by Crippen LogP contribution is 2.32. The molecule has 28 heavy (non-hydrogen) atoms. The van der Waals surface area contributed by atoms with E-state index in [4.69, 9.17) is 9.47 Å². The van der Waals surface area contributed by atoms with Crippen LogP contribution in [0.1, 0.15) is 6.92 Å². The number of ether oxygens (including phenoxy) is 2. The number of para-hydroxylation sites is 1. The molecule has 0 radical (unpaired) electrons. The van der Waals surface area contributed by atoms with E-state index in [0.717, 1.165) is 4.90 Å². The van der Waals surface area contributed by atoms with Crippen molar-refractivity contribution in [2.24, 2.45) is 0 Å². The first kappa shape index (κ1) is 21.5. The van der Waals surface area contributed by atoms with Crippen LogP contribution in [0.2, 0.25) is 0 Å². The maximum Gasteiger partial charge on any atom is 0.356 e. The van der Waals surface area contributed by atoms with Gasteiger partial charge in [-0.25, -0.2) is 4.79 Å². The van der Waals surface area contributed by atoms with E-state index >= 15 is 0 Å². The maximum absolute atomic E-state index is 12.3. The number of nitrogens with zero attached hydrogens (tertiary/aromatic N) is 1. The average Bonchev–Trinajstić information content (AvgIpc) is 2.68. The molecule has 1 aromatic rings. The minimum atomic E-state index is -1.89. The highest BCUT2D eigenvalue weighted by Gasteiger charge is 2.54. The van der Waals surface area contributed by atoms with Crippen LogP contribution in [-0.2, 0) is 23.9 Å². The Kier molecular flexibility index (Phi) is 7.59. The van der Waals surface area contributed by atoms with E-state index in [1.54, 1.807) is 30.3 Å². The van der Waals surface area contributed by atoms with Crippen molar-refractivity contribution in [1.82, 2.24) is 10.2 Å². The fourth-order valence-corrected chi connectivity index (χ4v) is 3.38. The monoisotopic (exact) mass is 408 g/mol. The predicted molar refractivity (Wildman–Crippen MR) is 99.9 cm³/mol. The van der Waals surface area contributed by atoms with Gasteiger partial charge in [0, 0.05) is 6.92 Å². The van der Waals surface area contributed by atoms with Crippen LogP contribution in [0.3, 0.4) is 0 Å². The van der Waals surface area contributed by atoms with Crippen molar-refractivity contribution in [3.63, 3.8) is 0 Å². The molecule has 2 rings (SSSR count). The molecule has 1 aliphatic heterocycles. The third-order valence-corrected chi connectivity index (χ3v) is 4.69. The first-order chi connectivity index (χ1) is 13.3. The second-order valence-electron chi connectivity index (χ2n) is 5.68. The third kappa shape index (κ3) is 5.33. The number of amides is 2. The largest absolute Gasteiger partial charge is 0.484 e. The van der Waals surface area contributed by atoms with Crippen molar-refractivity contribution >= 4 is 34.7 Å². The summed E-state index contributed by atoms with van der Waals surface area (Å²) in [5.74, 6) is -1.87. The molecule has 2 unspecified atom stereocenters. The number of β-lactam (4-membered cyclic amide) rings is 1. The number of thioether (sulfide) groups is 1. The van der Waals surface area contributed by atoms with Gasteiger partial charge in [0.05, 0.1) is 0 Å². The minimum absolute atomic E-state index is 0.139. The van der Waals surface area contributed by atoms with Crippen molar-refractivity contribution in [3.05, 3.63) is 43.0 Å². The molecule has 0 aliphatic carbocycles. The summed E-state index contributed by atoms with van der Waals surface area (Å²) in [5.41, 5.74) is 0. The summed E-state index contributed by atoms with van der Waals surface area (Å²) in [6.45, 7) is 4.17. The minimum Gasteiger partial charge on any atom is -0.484 e. The van der Waals surface area contributed by atoms with Crippen molar-refractivity contribution < 1.29 is 33.8 Å². The molecule has 0 spiro atoms. The second kappa shape index (κ2) is 9.90. The zero-order valence-corrected chi connectivity index (χ0v) is 15.9. The zero-order chi connectivity index (χ0) is 20.7. The third-order valence-electron chi connectivity index (χ3n) is 3.61. The lowest BCUT2D eigenvalue weighted by Crippen LogP contribution is -2.73. The Morgan fingerprint density at radius 2 is 2.04 bits per heavy atom. The van der Waals surface area contributed by atoms with Crippen LogP contribution in [0.15, 0.2) is 43.0 Å². The van der Waals surface area contributed by atoms with Crippen LogP contribution in [-0.4, -0.2) is 63.8 Å². The SMILES string of the molecule is C=CCOC(=O)C(O)N1C(=O)C(NC(=O)COc2ccccc2)[C@H]1SC(C)=O. The second-order valence-corrected chi connectivity index (χ2v) is 6.98. The van der Waals surface area contributed by atoms with Gasteiger partial charge in [-0.15, -0.1) is 0 Å². The molecular weight excluding hydrogens is 388 g/mol. The topological polar surface area (TPSA) is 122 Å². The van der Waals surface area contributed by atoms with Crippen molar-refractivity contribution in [1.29, 1.82) is 0 Å². The van der Waals surface area contributed by atoms with Crippen LogP contribution in [0, 0.1) is 0 Å². The number of aliphatic hydroxyl groups is 1. The van der Waals surface area contributed by atoms with Gasteiger partial charge in [0.15, 0.2) is 11.7 Å². The number of carbonyl (C=O) groups excluding carboxylic acids is 4. The number of carbonyl (C=O) groups is 4. The molecule has 0 aromatic heterocycles. The van der Waals surface area contributed by atoms with Crippen LogP contribution >= 0.6 is 11.8 Å². The Bertz CT molecular complexity index is 756. The number of benzene rings is 1. The van der Waals surface area contributed by atoms with E-state index in [1.165, 1.54) is 13.0 Å². The van der Waals surface area contributed by atoms with Crippen LogP contribution in [0.5, 0.6) is 5.75 Å². The Morgan fingerprint density at radius 3 is 2.64 bits per heavy atom. The number of aliphatic hydroxyl groups excluding tert-OH is 1. The summed E-state index contributed by atoms with van der Waals surface area (Å²) in [6.07, 6.45) is -0.585. The van der Waals surface area contributed by atoms with Crippen LogP contribution in [0.25, 0.3) is 0 Å². The number of esters is 1. The smallest absolute Gasteiger partial charge is 0.356 e. The van der Waals surface area contributed by atoms with Gasteiger partial charge in [-0.2, -0.15) is 0 Å². The summed E-state index contributed by atoms with van der Waals surface area (Å²) in [5, 5.41) is 11.2. The number of likely N-dealkylation sites (tertiary alicyclic amines) is 1. The number of nitrogens with one attached hydrogen (secondary N) is 1. The summed E-state index contributed by atoms with van der Waals surface area (Å²) >= 11 is 0.710. The first-order valence-corrected chi connectivity index (χ1v) is 9.15. The van der Waals surface area contributed by atoms with Gasteiger partial charge >= 0.3 is 5.97 Å². The van der Waals surface area contributed by atoms with Gasteiger partial charge in [0.2, 0.25) is 6.23 Å². The van der Waals surface area contributed by atoms with Gasteiger partial charge in [0.25, 0.3) is 11.8 Å². The molecule has 10 heteroatoms. The molecule has 2 amide bonds. The summed E-state index contributed by atoms with van der Waals surface area (Å²) in [7, 11) is 0. The first-order valence-electron chi connectivity index (χ1n) is 8.27. The summed E-state index contributed by atoms with van der Waals surface area (Å²) in [4.78, 5) is 48.5. The van der Waals surface area contributed by atoms with Crippen LogP contribution in [0.4, 0.5) is 0 Å². The fraction of sp³-hybridized carbons (Fsp3) is 0.333. The Balaban J connectivity index is 1.98. The standard InChI is InChI=1S/C18H20N2O7S/c1-3-9-26-18(25)16(24)20-15(23)14(17(20)28-11(2)21)19-13(22)10-27-12-7-5-4-6-8-12/h3-8,14,16-17,24H,1,9-10H2,2H3,(H,19,22)/t14?,16?,17-/m1/s1. The molecule has 0 saturated carbocycles. The normalized spacial score (nSPS) is 19.2. The molecule has 1 aromatic carbocycles. The van der Waals surface area contributed by atoms with Crippen molar-refractivity contribution in [2.75, 3.05) is 13.2 Å². The molecule has 1 aliphatic rings. The van der Waals surface area contributed by atoms with Gasteiger partial charge < -0.3 is 19.9 Å². The van der Waals surface area contributed by atoms with Gasteiger partial charge in [-0.05, 0) is 12.1 Å². The van der Waals surface area contributed by atoms with Gasteiger partial charge in [-0.1, -0.05) is 42.6 Å². The van der Waals surface area contributed by atoms with E-state index < -0.39 is 35.4 Å². The van der Waals surface area contributed by atoms with Crippen molar-refractivity contribution in [2.45, 2.75) is 24.6 Å². The lowest BCUT2D eigenvalue weighted by atomic mass is 10.1. The molecule has 3 atom stereocenters. The number of rotatable bonds is 9. The molecule has 1 saturated heterocycles. The van der Waals surface area contributed by atoms with E-state index in [2.05, 4.69) is 11.9 Å². The molecule has 0 bridgehead atoms. The molecule has 1 heterocycles. The Labute approximate surface area is 165 Å². The van der Waals surface area contributed by atoms with Crippen molar-refractivity contribution in [3.8, 4) is 5.75 Å². The van der Waals surface area contributed by atoms with Gasteiger partial charge in [-0.3, -0.25) is 19.3 Å². The van der Waals surface area contributed by atoms with E-state index in [1.807, 2.05) is 0 Å². The Morgan fingerprint density at radius 1 is 1.36 bits per heavy atom. The average molecular weight is 408 g/mol. The summed E-state index contributed by atoms with van der Waals surface area (Å²) < 4.78 is 10.0. The van der Waals surface area contributed by atoms with Crippen LogP contribution < -0.4 is 10.1 Å². The molecular formula is C18H20N2O7S. The lowest BCUT2D eigenvalue weighted by molar-refractivity contribution is -0.181. The van der Waals surface area contributed by atoms with E-state index in [0.29, 0.717) is 17.5 Å². The number of hydrogen-bond donors (Lipinski definition) is 2. The molecule has 9 nitrogen and oxygen atoms in total. The Hall–Kier alpha value is -2.85. The quantitative estimate of drug-likeness (QED) is 0.334. The fourth-order valence-electron chi connectivity index (χ4n) is 2.38. The zero-order valence-electron chi connectivity index (χ0n) is 15.1. The molecule has 150 valence electrons. The lowest BCUT2D eigenvalue weighted by Gasteiger charge is -2.47. The number of hydrogen-bond acceptors (Lipinski definition) is 8. The highest BCUT2D eigenvalue weighted by atomic mass is 32.2. The summed E-state index contributed by atoms with van der Waals surface area (Å²) in [6, 6.07) is 7.54. The van der Waals surface area contributed by atoms with E-state index in [9.17, 15) is 24.3 Å². The maximum atomic E-state index is 12.3. The molecule has 1 fully saturated rings. The predicted octanol–water partition coefficient (Wildman–Crippen LogP) is 0.0458. The van der Waals surface area contributed by atoms with Gasteiger partial charge in [0.1, 0.15) is 23.8 Å².